The van der Waals surface area contributed by atoms with Gasteiger partial charge < -0.3 is 39.4 Å². The first-order valence-corrected chi connectivity index (χ1v) is 9.19. The normalized spacial score (nSPS) is 38.2. The van der Waals surface area contributed by atoms with Crippen molar-refractivity contribution in [2.45, 2.75) is 49.1 Å². The van der Waals surface area contributed by atoms with Gasteiger partial charge in [0.15, 0.2) is 12.5 Å². The maximum atomic E-state index is 12.0. The molecule has 1 aromatic heterocycles. The third-order valence-corrected chi connectivity index (χ3v) is 5.27. The molecule has 2 saturated heterocycles. The molecule has 0 saturated carbocycles. The summed E-state index contributed by atoms with van der Waals surface area (Å²) in [6.07, 6.45) is -7.92. The van der Waals surface area contributed by atoms with Crippen molar-refractivity contribution in [1.82, 2.24) is 9.55 Å². The lowest BCUT2D eigenvalue weighted by Gasteiger charge is -2.22. The second kappa shape index (κ2) is 8.69. The summed E-state index contributed by atoms with van der Waals surface area (Å²) in [6, 6.07) is 0. The summed E-state index contributed by atoms with van der Waals surface area (Å²) in [5, 5.41) is 39.7. The Bertz CT molecular complexity index is 800. The van der Waals surface area contributed by atoms with Crippen molar-refractivity contribution in [2.75, 3.05) is 20.3 Å². The highest BCUT2D eigenvalue weighted by Crippen LogP contribution is 2.30. The van der Waals surface area contributed by atoms with E-state index in [0.29, 0.717) is 0 Å². The standard InChI is InChI=1S/C15H21BrN2O10/c1-25-11-9(21)6(3-19)28-14(11)26-4-7-8(20)10(22)13(27-7)18-2-5(16)12(23)17-15(18)24/h2,6-11,13-14,19-22H,3-4H2,1H3,(H,17,23,24)/t6-,7-,8-,9-,10-,11-,13-,14?/m1/s1. The maximum Gasteiger partial charge on any atom is 0.330 e. The minimum Gasteiger partial charge on any atom is -0.394 e. The van der Waals surface area contributed by atoms with Gasteiger partial charge in [-0.2, -0.15) is 0 Å². The maximum absolute atomic E-state index is 12.0. The number of aliphatic hydroxyl groups is 4. The highest BCUT2D eigenvalue weighted by atomic mass is 79.9. The number of H-pyrrole nitrogens is 1. The molecule has 28 heavy (non-hydrogen) atoms. The first-order valence-electron chi connectivity index (χ1n) is 8.39. The number of aromatic amines is 1. The number of aliphatic hydroxyl groups excluding tert-OH is 4. The molecular weight excluding hydrogens is 448 g/mol. The van der Waals surface area contributed by atoms with Crippen LogP contribution in [0, 0.1) is 0 Å². The smallest absolute Gasteiger partial charge is 0.330 e. The highest BCUT2D eigenvalue weighted by Gasteiger charge is 2.48. The molecular formula is C15H21BrN2O10. The Morgan fingerprint density at radius 3 is 2.54 bits per heavy atom. The molecule has 3 rings (SSSR count). The summed E-state index contributed by atoms with van der Waals surface area (Å²) in [5.74, 6) is 0. The number of ether oxygens (including phenoxy) is 4. The number of nitrogens with zero attached hydrogens (tertiary/aromatic N) is 1. The Morgan fingerprint density at radius 2 is 1.89 bits per heavy atom. The fourth-order valence-electron chi connectivity index (χ4n) is 3.17. The number of halogens is 1. The van der Waals surface area contributed by atoms with Crippen LogP contribution in [0.1, 0.15) is 6.23 Å². The Labute approximate surface area is 166 Å². The second-order valence-corrected chi connectivity index (χ2v) is 7.29. The van der Waals surface area contributed by atoms with Crippen LogP contribution in [-0.4, -0.2) is 93.2 Å². The van der Waals surface area contributed by atoms with Crippen LogP contribution in [0.15, 0.2) is 20.3 Å². The molecule has 8 atom stereocenters. The van der Waals surface area contributed by atoms with Crippen molar-refractivity contribution in [2.24, 2.45) is 0 Å². The number of nitrogens with one attached hydrogen (secondary N) is 1. The summed E-state index contributed by atoms with van der Waals surface area (Å²) in [5.41, 5.74) is -1.46. The third kappa shape index (κ3) is 3.94. The Kier molecular flexibility index (Phi) is 6.69. The fourth-order valence-corrected chi connectivity index (χ4v) is 3.49. The van der Waals surface area contributed by atoms with Gasteiger partial charge in [-0.3, -0.25) is 14.3 Å². The van der Waals surface area contributed by atoms with Crippen molar-refractivity contribution in [3.8, 4) is 0 Å². The van der Waals surface area contributed by atoms with Crippen LogP contribution in [0.3, 0.4) is 0 Å². The average molecular weight is 469 g/mol. The van der Waals surface area contributed by atoms with Crippen molar-refractivity contribution in [1.29, 1.82) is 0 Å². The molecule has 5 N–H and O–H groups in total. The van der Waals surface area contributed by atoms with E-state index in [0.717, 1.165) is 10.8 Å². The third-order valence-electron chi connectivity index (χ3n) is 4.71. The number of aromatic nitrogens is 2. The van der Waals surface area contributed by atoms with Gasteiger partial charge in [-0.15, -0.1) is 0 Å². The lowest BCUT2D eigenvalue weighted by atomic mass is 10.1. The zero-order valence-corrected chi connectivity index (χ0v) is 16.3. The lowest BCUT2D eigenvalue weighted by molar-refractivity contribution is -0.195. The van der Waals surface area contributed by atoms with Gasteiger partial charge in [-0.25, -0.2) is 4.79 Å². The molecule has 0 bridgehead atoms. The van der Waals surface area contributed by atoms with Gasteiger partial charge in [-0.1, -0.05) is 0 Å². The first kappa shape index (κ1) is 21.5. The van der Waals surface area contributed by atoms with Crippen LogP contribution < -0.4 is 11.2 Å². The lowest BCUT2D eigenvalue weighted by Crippen LogP contribution is -2.39. The highest BCUT2D eigenvalue weighted by molar-refractivity contribution is 9.10. The van der Waals surface area contributed by atoms with Crippen molar-refractivity contribution < 1.29 is 39.4 Å². The monoisotopic (exact) mass is 468 g/mol. The summed E-state index contributed by atoms with van der Waals surface area (Å²) in [6.45, 7) is -0.697. The predicted octanol–water partition coefficient (Wildman–Crippen LogP) is -2.97. The minimum absolute atomic E-state index is 0.0448. The van der Waals surface area contributed by atoms with Gasteiger partial charge >= 0.3 is 5.69 Å². The van der Waals surface area contributed by atoms with Crippen LogP contribution in [0.2, 0.25) is 0 Å². The molecule has 2 fully saturated rings. The van der Waals surface area contributed by atoms with Gasteiger partial charge in [0.05, 0.1) is 17.7 Å². The SMILES string of the molecule is CO[C@H]1C(OC[C@H]2O[C@@H](n3cc(Br)c(=O)[nH]c3=O)[C@H](O)[C@@H]2O)O[C@H](CO)[C@H]1O. The van der Waals surface area contributed by atoms with E-state index in [1.165, 1.54) is 7.11 Å². The molecule has 2 aliphatic heterocycles. The Balaban J connectivity index is 1.69. The largest absolute Gasteiger partial charge is 0.394 e. The zero-order valence-electron chi connectivity index (χ0n) is 14.7. The number of hydrogen-bond donors (Lipinski definition) is 5. The Morgan fingerprint density at radius 1 is 1.18 bits per heavy atom. The number of hydrogen-bond acceptors (Lipinski definition) is 10. The summed E-state index contributed by atoms with van der Waals surface area (Å²) >= 11 is 2.98. The molecule has 12 nitrogen and oxygen atoms in total. The van der Waals surface area contributed by atoms with E-state index in [1.54, 1.807) is 0 Å². The molecule has 13 heteroatoms. The molecule has 3 heterocycles. The number of rotatable bonds is 6. The van der Waals surface area contributed by atoms with Gasteiger partial charge in [0.2, 0.25) is 0 Å². The first-order chi connectivity index (χ1) is 13.3. The molecule has 158 valence electrons. The minimum atomic E-state index is -1.47. The molecule has 0 radical (unpaired) electrons. The topological polar surface area (TPSA) is 173 Å². The van der Waals surface area contributed by atoms with Gasteiger partial charge in [-0.05, 0) is 15.9 Å². The van der Waals surface area contributed by atoms with Crippen LogP contribution in [0.25, 0.3) is 0 Å². The van der Waals surface area contributed by atoms with Crippen LogP contribution >= 0.6 is 15.9 Å². The summed E-state index contributed by atoms with van der Waals surface area (Å²) < 4.78 is 22.5. The van der Waals surface area contributed by atoms with E-state index in [2.05, 4.69) is 20.9 Å². The fraction of sp³-hybridized carbons (Fsp3) is 0.733. The molecule has 0 spiro atoms. The van der Waals surface area contributed by atoms with Gasteiger partial charge in [0.1, 0.15) is 36.6 Å². The van der Waals surface area contributed by atoms with E-state index in [9.17, 15) is 30.0 Å². The quantitative estimate of drug-likeness (QED) is 0.290. The molecule has 0 aromatic carbocycles. The number of methoxy groups -OCH3 is 1. The van der Waals surface area contributed by atoms with Crippen molar-refractivity contribution in [3.63, 3.8) is 0 Å². The zero-order chi connectivity index (χ0) is 20.6. The molecule has 0 amide bonds. The summed E-state index contributed by atoms with van der Waals surface area (Å²) in [4.78, 5) is 25.5. The van der Waals surface area contributed by atoms with E-state index in [1.807, 2.05) is 0 Å². The summed E-state index contributed by atoms with van der Waals surface area (Å²) in [7, 11) is 1.34. The van der Waals surface area contributed by atoms with E-state index in [4.69, 9.17) is 18.9 Å². The molecule has 1 aromatic rings. The Hall–Kier alpha value is -1.16. The van der Waals surface area contributed by atoms with Crippen LogP contribution in [0.4, 0.5) is 0 Å². The van der Waals surface area contributed by atoms with Crippen molar-refractivity contribution >= 4 is 15.9 Å². The molecule has 1 unspecified atom stereocenters. The van der Waals surface area contributed by atoms with Gasteiger partial charge in [0, 0.05) is 13.3 Å². The van der Waals surface area contributed by atoms with Crippen LogP contribution in [0.5, 0.6) is 0 Å². The molecule has 0 aliphatic carbocycles. The predicted molar refractivity (Wildman–Crippen MR) is 93.4 cm³/mol. The second-order valence-electron chi connectivity index (χ2n) is 6.44. The van der Waals surface area contributed by atoms with Crippen LogP contribution in [-0.2, 0) is 18.9 Å². The van der Waals surface area contributed by atoms with E-state index >= 15 is 0 Å². The van der Waals surface area contributed by atoms with Gasteiger partial charge in [0.25, 0.3) is 5.56 Å². The van der Waals surface area contributed by atoms with E-state index < -0.39 is 67.0 Å². The average Bonchev–Trinajstić information content (AvgIpc) is 3.13. The van der Waals surface area contributed by atoms with E-state index in [-0.39, 0.29) is 11.1 Å². The molecule has 2 aliphatic rings. The van der Waals surface area contributed by atoms with Crippen molar-refractivity contribution in [3.05, 3.63) is 31.5 Å².